The van der Waals surface area contributed by atoms with Crippen molar-refractivity contribution in [2.45, 2.75) is 50.3 Å². The molecule has 10 heteroatoms. The van der Waals surface area contributed by atoms with E-state index in [1.54, 1.807) is 15.6 Å². The van der Waals surface area contributed by atoms with Gasteiger partial charge in [-0.1, -0.05) is 44.5 Å². The second-order valence-corrected chi connectivity index (χ2v) is 12.4. The van der Waals surface area contributed by atoms with Crippen LogP contribution in [0.15, 0.2) is 42.5 Å². The molecule has 1 aromatic heterocycles. The fourth-order valence-electron chi connectivity index (χ4n) is 4.85. The van der Waals surface area contributed by atoms with Crippen LogP contribution in [-0.2, 0) is 15.0 Å². The number of aromatic nitrogens is 2. The van der Waals surface area contributed by atoms with Crippen LogP contribution in [0.4, 0.5) is 5.82 Å². The molecule has 8 nitrogen and oxygen atoms in total. The molecule has 0 saturated heterocycles. The molecule has 38 heavy (non-hydrogen) atoms. The maximum absolute atomic E-state index is 13.7. The Kier molecular flexibility index (Phi) is 6.31. The third-order valence-corrected chi connectivity index (χ3v) is 8.29. The Bertz CT molecular complexity index is 1430. The standard InChI is InChI=1S/C28H29ClN4O4S/c1-28(2,3)26-24-25(16-7-10-20-21(11-16)37-15-36-20)38-14-23(35)32(13-22(34)30-18-8-9-18)27(24)33(31-26)19-6-4-5-17(29)12-19/h4-7,10-12,18,25H,8-9,13-15H2,1-3H3,(H,30,34). The molecular weight excluding hydrogens is 524 g/mol. The summed E-state index contributed by atoms with van der Waals surface area (Å²) in [5.74, 6) is 1.88. The summed E-state index contributed by atoms with van der Waals surface area (Å²) >= 11 is 7.92. The van der Waals surface area contributed by atoms with Gasteiger partial charge < -0.3 is 14.8 Å². The molecule has 3 heterocycles. The Balaban J connectivity index is 1.57. The lowest BCUT2D eigenvalue weighted by atomic mass is 9.87. The summed E-state index contributed by atoms with van der Waals surface area (Å²) < 4.78 is 13.0. The summed E-state index contributed by atoms with van der Waals surface area (Å²) in [5, 5.41) is 8.46. The normalized spacial score (nSPS) is 18.8. The van der Waals surface area contributed by atoms with Crippen molar-refractivity contribution in [2.24, 2.45) is 0 Å². The number of hydrogen-bond donors (Lipinski definition) is 1. The molecule has 2 aliphatic heterocycles. The number of hydrogen-bond acceptors (Lipinski definition) is 6. The average Bonchev–Trinajstić information content (AvgIpc) is 3.43. The lowest BCUT2D eigenvalue weighted by Gasteiger charge is -2.24. The van der Waals surface area contributed by atoms with Crippen LogP contribution in [0, 0.1) is 0 Å². The number of nitrogens with one attached hydrogen (secondary N) is 1. The summed E-state index contributed by atoms with van der Waals surface area (Å²) in [6, 6.07) is 13.5. The van der Waals surface area contributed by atoms with Crippen molar-refractivity contribution in [3.63, 3.8) is 0 Å². The number of carbonyl (C=O) groups excluding carboxylic acids is 2. The molecule has 198 valence electrons. The number of amides is 2. The van der Waals surface area contributed by atoms with Gasteiger partial charge in [0.15, 0.2) is 11.5 Å². The van der Waals surface area contributed by atoms with Gasteiger partial charge in [0, 0.05) is 22.0 Å². The Morgan fingerprint density at radius 3 is 2.68 bits per heavy atom. The molecule has 2 aromatic carbocycles. The fraction of sp³-hybridized carbons (Fsp3) is 0.393. The van der Waals surface area contributed by atoms with Crippen LogP contribution in [0.2, 0.25) is 5.02 Å². The van der Waals surface area contributed by atoms with E-state index in [1.807, 2.05) is 36.4 Å². The minimum atomic E-state index is -0.349. The first kappa shape index (κ1) is 25.1. The van der Waals surface area contributed by atoms with Gasteiger partial charge in [-0.05, 0) is 48.7 Å². The lowest BCUT2D eigenvalue weighted by molar-refractivity contribution is -0.123. The summed E-state index contributed by atoms with van der Waals surface area (Å²) in [7, 11) is 0. The summed E-state index contributed by atoms with van der Waals surface area (Å²) in [5.41, 5.74) is 3.12. The minimum Gasteiger partial charge on any atom is -0.454 e. The van der Waals surface area contributed by atoms with Crippen molar-refractivity contribution < 1.29 is 19.1 Å². The Labute approximate surface area is 230 Å². The lowest BCUT2D eigenvalue weighted by Crippen LogP contribution is -2.43. The largest absolute Gasteiger partial charge is 0.454 e. The van der Waals surface area contributed by atoms with Gasteiger partial charge >= 0.3 is 0 Å². The number of fused-ring (bicyclic) bond motifs is 2. The zero-order valence-corrected chi connectivity index (χ0v) is 23.1. The molecule has 0 bridgehead atoms. The van der Waals surface area contributed by atoms with Crippen LogP contribution in [0.25, 0.3) is 5.69 Å². The molecule has 0 radical (unpaired) electrons. The van der Waals surface area contributed by atoms with E-state index in [4.69, 9.17) is 26.2 Å². The van der Waals surface area contributed by atoms with E-state index < -0.39 is 0 Å². The van der Waals surface area contributed by atoms with E-state index in [9.17, 15) is 9.59 Å². The van der Waals surface area contributed by atoms with E-state index in [0.29, 0.717) is 22.3 Å². The molecular formula is C28H29ClN4O4S. The third kappa shape index (κ3) is 4.73. The molecule has 1 atom stereocenters. The predicted molar refractivity (Wildman–Crippen MR) is 148 cm³/mol. The highest BCUT2D eigenvalue weighted by Gasteiger charge is 2.40. The smallest absolute Gasteiger partial charge is 0.240 e. The highest BCUT2D eigenvalue weighted by Crippen LogP contribution is 2.50. The van der Waals surface area contributed by atoms with Crippen LogP contribution >= 0.6 is 23.4 Å². The van der Waals surface area contributed by atoms with Crippen molar-refractivity contribution in [3.8, 4) is 17.2 Å². The Morgan fingerprint density at radius 1 is 1.16 bits per heavy atom. The van der Waals surface area contributed by atoms with E-state index in [-0.39, 0.29) is 47.6 Å². The predicted octanol–water partition coefficient (Wildman–Crippen LogP) is 5.00. The maximum Gasteiger partial charge on any atom is 0.240 e. The van der Waals surface area contributed by atoms with Crippen LogP contribution in [0.3, 0.4) is 0 Å². The van der Waals surface area contributed by atoms with Crippen molar-refractivity contribution in [2.75, 3.05) is 24.0 Å². The van der Waals surface area contributed by atoms with Gasteiger partial charge in [-0.2, -0.15) is 5.10 Å². The number of carbonyl (C=O) groups is 2. The van der Waals surface area contributed by atoms with Gasteiger partial charge in [0.25, 0.3) is 0 Å². The number of anilines is 1. The molecule has 6 rings (SSSR count). The highest BCUT2D eigenvalue weighted by atomic mass is 35.5. The zero-order valence-electron chi connectivity index (χ0n) is 21.5. The summed E-state index contributed by atoms with van der Waals surface area (Å²) in [4.78, 5) is 28.3. The summed E-state index contributed by atoms with van der Waals surface area (Å²) in [6.45, 7) is 6.43. The Hall–Kier alpha value is -3.17. The third-order valence-electron chi connectivity index (χ3n) is 6.80. The van der Waals surface area contributed by atoms with Gasteiger partial charge in [0.05, 0.1) is 22.4 Å². The molecule has 3 aromatic rings. The molecule has 2 amide bonds. The molecule has 1 saturated carbocycles. The van der Waals surface area contributed by atoms with Gasteiger partial charge in [0.1, 0.15) is 12.4 Å². The van der Waals surface area contributed by atoms with Gasteiger partial charge in [0.2, 0.25) is 18.6 Å². The average molecular weight is 553 g/mol. The number of benzene rings is 2. The second kappa shape index (κ2) is 9.54. The maximum atomic E-state index is 13.7. The fourth-order valence-corrected chi connectivity index (χ4v) is 6.22. The van der Waals surface area contributed by atoms with Crippen molar-refractivity contribution in [1.82, 2.24) is 15.1 Å². The number of ether oxygens (including phenoxy) is 2. The van der Waals surface area contributed by atoms with Gasteiger partial charge in [-0.15, -0.1) is 11.8 Å². The monoisotopic (exact) mass is 552 g/mol. The van der Waals surface area contributed by atoms with E-state index in [2.05, 4.69) is 26.1 Å². The molecule has 1 unspecified atom stereocenters. The number of thioether (sulfide) groups is 1. The van der Waals surface area contributed by atoms with Gasteiger partial charge in [-0.3, -0.25) is 14.5 Å². The first-order valence-electron chi connectivity index (χ1n) is 12.7. The topological polar surface area (TPSA) is 85.7 Å². The van der Waals surface area contributed by atoms with E-state index >= 15 is 0 Å². The second-order valence-electron chi connectivity index (χ2n) is 10.9. The minimum absolute atomic E-state index is 0.0768. The van der Waals surface area contributed by atoms with Crippen LogP contribution in [0.1, 0.15) is 55.7 Å². The van der Waals surface area contributed by atoms with Crippen molar-refractivity contribution >= 4 is 41.0 Å². The molecule has 3 aliphatic rings. The van der Waals surface area contributed by atoms with Crippen molar-refractivity contribution in [3.05, 3.63) is 64.3 Å². The SMILES string of the molecule is CC(C)(C)c1nn(-c2cccc(Cl)c2)c2c1C(c1ccc3c(c1)OCO3)SCC(=O)N2CC(=O)NC1CC1. The van der Waals surface area contributed by atoms with Crippen LogP contribution < -0.4 is 19.7 Å². The van der Waals surface area contributed by atoms with E-state index in [0.717, 1.165) is 35.3 Å². The molecule has 1 fully saturated rings. The van der Waals surface area contributed by atoms with Crippen LogP contribution in [-0.4, -0.2) is 46.7 Å². The Morgan fingerprint density at radius 2 is 1.95 bits per heavy atom. The van der Waals surface area contributed by atoms with Crippen molar-refractivity contribution in [1.29, 1.82) is 0 Å². The number of rotatable bonds is 5. The van der Waals surface area contributed by atoms with E-state index in [1.165, 1.54) is 11.8 Å². The number of nitrogens with zero attached hydrogens (tertiary/aromatic N) is 3. The highest BCUT2D eigenvalue weighted by molar-refractivity contribution is 8.00. The quantitative estimate of drug-likeness (QED) is 0.479. The summed E-state index contributed by atoms with van der Waals surface area (Å²) in [6.07, 6.45) is 1.95. The molecule has 1 aliphatic carbocycles. The van der Waals surface area contributed by atoms with Crippen LogP contribution in [0.5, 0.6) is 11.5 Å². The molecule has 0 spiro atoms. The zero-order chi connectivity index (χ0) is 26.6. The first-order valence-corrected chi connectivity index (χ1v) is 14.1. The van der Waals surface area contributed by atoms with Gasteiger partial charge in [-0.25, -0.2) is 4.68 Å². The molecule has 1 N–H and O–H groups in total. The first-order chi connectivity index (χ1) is 18.2. The number of halogens is 1.